The van der Waals surface area contributed by atoms with Gasteiger partial charge in [-0.15, -0.1) is 0 Å². The second-order valence-corrected chi connectivity index (χ2v) is 9.94. The van der Waals surface area contributed by atoms with Gasteiger partial charge in [-0.25, -0.2) is 0 Å². The Hall–Kier alpha value is -3.05. The van der Waals surface area contributed by atoms with Crippen LogP contribution < -0.4 is 26.5 Å². The summed E-state index contributed by atoms with van der Waals surface area (Å²) in [5.41, 5.74) is 2.41. The highest BCUT2D eigenvalue weighted by molar-refractivity contribution is 7.79. The number of ether oxygens (including phenoxy) is 1. The molecule has 3 aromatic carbocycles. The zero-order chi connectivity index (χ0) is 24.3. The van der Waals surface area contributed by atoms with E-state index in [1.54, 1.807) is 0 Å². The van der Waals surface area contributed by atoms with E-state index in [9.17, 15) is 9.59 Å². The predicted octanol–water partition coefficient (Wildman–Crippen LogP) is 2.24. The van der Waals surface area contributed by atoms with Crippen LogP contribution in [-0.2, 0) is 4.74 Å². The lowest BCUT2D eigenvalue weighted by molar-refractivity contribution is 0.0838. The van der Waals surface area contributed by atoms with E-state index in [0.717, 1.165) is 10.6 Å². The number of hydrogen-bond acceptors (Lipinski definition) is 4. The van der Waals surface area contributed by atoms with Crippen molar-refractivity contribution in [2.75, 3.05) is 32.9 Å². The van der Waals surface area contributed by atoms with Crippen molar-refractivity contribution >= 4 is 35.6 Å². The summed E-state index contributed by atoms with van der Waals surface area (Å²) in [5, 5.41) is 17.8. The molecule has 0 aliphatic rings. The Morgan fingerprint density at radius 3 is 1.71 bits per heavy atom. The third-order valence-corrected chi connectivity index (χ3v) is 7.62. The Balaban J connectivity index is 1.82. The van der Waals surface area contributed by atoms with E-state index >= 15 is 0 Å². The molecule has 178 valence electrons. The van der Waals surface area contributed by atoms with Crippen molar-refractivity contribution in [2.45, 2.75) is 13.8 Å². The molecule has 0 fully saturated rings. The molecule has 0 radical (unpaired) electrons. The van der Waals surface area contributed by atoms with Crippen LogP contribution in [0.3, 0.4) is 0 Å². The van der Waals surface area contributed by atoms with E-state index < -0.39 is 7.92 Å². The van der Waals surface area contributed by atoms with Crippen LogP contribution in [0.25, 0.3) is 0 Å². The van der Waals surface area contributed by atoms with E-state index in [-0.39, 0.29) is 25.0 Å². The maximum absolute atomic E-state index is 12.4. The van der Waals surface area contributed by atoms with Gasteiger partial charge < -0.3 is 20.5 Å². The summed E-state index contributed by atoms with van der Waals surface area (Å²) in [7, 11) is -0.855. The molecule has 0 spiro atoms. The molecule has 0 saturated carbocycles. The number of carbonyl (C=O) groups excluding carboxylic acids is 2. The number of aliphatic hydroxyl groups is 1. The standard InChI is InChI=1S/C27H31N2O4P/c1-3-28-26(31)21-6-12-24(13-7-21)34(23-10-4-20(2)5-11-23)25-14-8-22(9-15-25)27(32)29-16-18-33-19-17-30/h4-15,30H,3,16-19H2,1-2H3,(H,28,31)(H,29,32). The maximum atomic E-state index is 12.4. The monoisotopic (exact) mass is 478 g/mol. The molecule has 0 aliphatic carbocycles. The third kappa shape index (κ3) is 6.97. The van der Waals surface area contributed by atoms with E-state index in [0.29, 0.717) is 30.8 Å². The van der Waals surface area contributed by atoms with E-state index in [1.165, 1.54) is 10.9 Å². The summed E-state index contributed by atoms with van der Waals surface area (Å²) in [5.74, 6) is -0.240. The maximum Gasteiger partial charge on any atom is 0.251 e. The highest BCUT2D eigenvalue weighted by Crippen LogP contribution is 2.33. The first-order chi connectivity index (χ1) is 16.5. The van der Waals surface area contributed by atoms with Gasteiger partial charge in [0.05, 0.1) is 19.8 Å². The SMILES string of the molecule is CCNC(=O)c1ccc(P(c2ccc(C)cc2)c2ccc(C(=O)NCCOCCO)cc2)cc1. The van der Waals surface area contributed by atoms with Gasteiger partial charge in [0.25, 0.3) is 11.8 Å². The van der Waals surface area contributed by atoms with E-state index in [1.807, 2.05) is 55.5 Å². The zero-order valence-corrected chi connectivity index (χ0v) is 20.5. The molecule has 3 N–H and O–H groups in total. The molecule has 3 aromatic rings. The lowest BCUT2D eigenvalue weighted by atomic mass is 10.2. The van der Waals surface area contributed by atoms with Gasteiger partial charge >= 0.3 is 0 Å². The van der Waals surface area contributed by atoms with Crippen molar-refractivity contribution < 1.29 is 19.4 Å². The molecule has 2 amide bonds. The summed E-state index contributed by atoms with van der Waals surface area (Å²) >= 11 is 0. The van der Waals surface area contributed by atoms with Gasteiger partial charge in [0, 0.05) is 24.2 Å². The molecule has 0 bridgehead atoms. The van der Waals surface area contributed by atoms with Crippen molar-refractivity contribution in [2.24, 2.45) is 0 Å². The van der Waals surface area contributed by atoms with Crippen LogP contribution in [0.5, 0.6) is 0 Å². The van der Waals surface area contributed by atoms with Gasteiger partial charge in [0.2, 0.25) is 0 Å². The van der Waals surface area contributed by atoms with Crippen LogP contribution in [-0.4, -0.2) is 49.8 Å². The van der Waals surface area contributed by atoms with Gasteiger partial charge in [-0.05, 0) is 61.9 Å². The van der Waals surface area contributed by atoms with Crippen molar-refractivity contribution in [1.82, 2.24) is 10.6 Å². The average molecular weight is 479 g/mol. The summed E-state index contributed by atoms with van der Waals surface area (Å²) in [6, 6.07) is 23.9. The number of hydrogen-bond donors (Lipinski definition) is 3. The lowest BCUT2D eigenvalue weighted by Gasteiger charge is -2.20. The number of rotatable bonds is 11. The Kier molecular flexibility index (Phi) is 9.77. The smallest absolute Gasteiger partial charge is 0.251 e. The topological polar surface area (TPSA) is 87.7 Å². The van der Waals surface area contributed by atoms with Gasteiger partial charge in [-0.2, -0.15) is 0 Å². The van der Waals surface area contributed by atoms with Crippen LogP contribution in [0.2, 0.25) is 0 Å². The quantitative estimate of drug-likeness (QED) is 0.291. The molecule has 1 unspecified atom stereocenters. The summed E-state index contributed by atoms with van der Waals surface area (Å²) in [6.45, 7) is 5.52. The largest absolute Gasteiger partial charge is 0.394 e. The molecule has 34 heavy (non-hydrogen) atoms. The van der Waals surface area contributed by atoms with Gasteiger partial charge in [0.1, 0.15) is 0 Å². The van der Waals surface area contributed by atoms with Gasteiger partial charge in [-0.1, -0.05) is 54.1 Å². The number of aryl methyl sites for hydroxylation is 1. The predicted molar refractivity (Wildman–Crippen MR) is 138 cm³/mol. The van der Waals surface area contributed by atoms with Crippen LogP contribution in [0.1, 0.15) is 33.2 Å². The van der Waals surface area contributed by atoms with Crippen molar-refractivity contribution in [1.29, 1.82) is 0 Å². The molecular weight excluding hydrogens is 447 g/mol. The molecule has 3 rings (SSSR count). The van der Waals surface area contributed by atoms with Crippen LogP contribution in [0, 0.1) is 6.92 Å². The minimum absolute atomic E-state index is 0.0337. The fourth-order valence-corrected chi connectivity index (χ4v) is 5.67. The van der Waals surface area contributed by atoms with Crippen molar-refractivity contribution in [3.05, 3.63) is 89.5 Å². The summed E-state index contributed by atoms with van der Waals surface area (Å²) in [6.07, 6.45) is 0. The second-order valence-electron chi connectivity index (χ2n) is 7.72. The first-order valence-electron chi connectivity index (χ1n) is 11.4. The Labute approximate surface area is 202 Å². The summed E-state index contributed by atoms with van der Waals surface area (Å²) in [4.78, 5) is 24.6. The number of aliphatic hydroxyl groups excluding tert-OH is 1. The van der Waals surface area contributed by atoms with Crippen LogP contribution in [0.4, 0.5) is 0 Å². The second kappa shape index (κ2) is 13.0. The fourth-order valence-electron chi connectivity index (χ4n) is 3.43. The highest BCUT2D eigenvalue weighted by Gasteiger charge is 2.18. The molecule has 6 nitrogen and oxygen atoms in total. The Bertz CT molecular complexity index is 1070. The Morgan fingerprint density at radius 1 is 0.765 bits per heavy atom. The minimum Gasteiger partial charge on any atom is -0.394 e. The van der Waals surface area contributed by atoms with Crippen molar-refractivity contribution in [3.63, 3.8) is 0 Å². The third-order valence-electron chi connectivity index (χ3n) is 5.17. The highest BCUT2D eigenvalue weighted by atomic mass is 31.1. The fraction of sp³-hybridized carbons (Fsp3) is 0.259. The van der Waals surface area contributed by atoms with E-state index in [2.05, 4.69) is 41.8 Å². The Morgan fingerprint density at radius 2 is 1.24 bits per heavy atom. The minimum atomic E-state index is -0.855. The molecular formula is C27H31N2O4P. The molecule has 0 aromatic heterocycles. The van der Waals surface area contributed by atoms with E-state index in [4.69, 9.17) is 9.84 Å². The van der Waals surface area contributed by atoms with Crippen molar-refractivity contribution in [3.8, 4) is 0 Å². The number of carbonyl (C=O) groups is 2. The normalized spacial score (nSPS) is 11.6. The average Bonchev–Trinajstić information content (AvgIpc) is 2.86. The van der Waals surface area contributed by atoms with Crippen LogP contribution >= 0.6 is 7.92 Å². The molecule has 1 atom stereocenters. The molecule has 0 aliphatic heterocycles. The number of amides is 2. The molecule has 0 saturated heterocycles. The zero-order valence-electron chi connectivity index (χ0n) is 19.6. The van der Waals surface area contributed by atoms with Gasteiger partial charge in [0.15, 0.2) is 0 Å². The number of nitrogens with one attached hydrogen (secondary N) is 2. The first-order valence-corrected chi connectivity index (χ1v) is 12.7. The molecule has 0 heterocycles. The summed E-state index contributed by atoms with van der Waals surface area (Å²) < 4.78 is 5.18. The van der Waals surface area contributed by atoms with Crippen LogP contribution in [0.15, 0.2) is 72.8 Å². The number of benzene rings is 3. The molecule has 7 heteroatoms. The lowest BCUT2D eigenvalue weighted by Crippen LogP contribution is -2.28. The van der Waals surface area contributed by atoms with Gasteiger partial charge in [-0.3, -0.25) is 9.59 Å². The first kappa shape index (κ1) is 25.6.